The largest absolute Gasteiger partial charge is 0.467 e. The molecule has 3 aromatic rings. The number of H-pyrrole nitrogens is 2. The fourth-order valence-electron chi connectivity index (χ4n) is 3.06. The van der Waals surface area contributed by atoms with Gasteiger partial charge in [0.2, 0.25) is 5.91 Å². The summed E-state index contributed by atoms with van der Waals surface area (Å²) in [5, 5.41) is 10.5. The molecule has 1 aromatic carbocycles. The zero-order valence-corrected chi connectivity index (χ0v) is 17.0. The number of carbonyl (C=O) groups is 2. The van der Waals surface area contributed by atoms with Gasteiger partial charge in [-0.25, -0.2) is 14.7 Å². The first-order valence-electron chi connectivity index (χ1n) is 9.23. The lowest BCUT2D eigenvalue weighted by Crippen LogP contribution is -2.43. The van der Waals surface area contributed by atoms with Crippen molar-refractivity contribution in [2.45, 2.75) is 37.5 Å². The maximum Gasteiger partial charge on any atom is 0.343 e. The number of thioether (sulfide) groups is 1. The van der Waals surface area contributed by atoms with Gasteiger partial charge in [0.1, 0.15) is 6.04 Å². The van der Waals surface area contributed by atoms with E-state index in [1.54, 1.807) is 0 Å². The summed E-state index contributed by atoms with van der Waals surface area (Å²) in [6.07, 6.45) is 2.90. The van der Waals surface area contributed by atoms with Gasteiger partial charge < -0.3 is 15.0 Å². The molecule has 0 unspecified atom stereocenters. The maximum absolute atomic E-state index is 12.4. The van der Waals surface area contributed by atoms with Crippen LogP contribution in [-0.2, 0) is 27.3 Å². The highest BCUT2D eigenvalue weighted by atomic mass is 32.2. The standard InChI is InChI=1S/C19H23N5O4S/c1-3-8-24-18(27)22-23-19(24)29-11-16(25)21-15(17(26)28-2)9-12-10-20-14-7-5-4-6-13(12)14/h4-7,10,15,20H,3,8-9,11H2,1-2H3,(H,21,25)(H,22,27)/t15-/m1/s1. The predicted octanol–water partition coefficient (Wildman–Crippen LogP) is 1.46. The third kappa shape index (κ3) is 4.89. The molecule has 0 saturated heterocycles. The first-order chi connectivity index (χ1) is 14.0. The number of amides is 1. The van der Waals surface area contributed by atoms with Crippen molar-refractivity contribution >= 4 is 34.5 Å². The molecule has 0 radical (unpaired) electrons. The van der Waals surface area contributed by atoms with Gasteiger partial charge in [-0.05, 0) is 18.1 Å². The van der Waals surface area contributed by atoms with Crippen molar-refractivity contribution in [1.82, 2.24) is 25.1 Å². The van der Waals surface area contributed by atoms with Crippen LogP contribution in [0.25, 0.3) is 10.9 Å². The topological polar surface area (TPSA) is 122 Å². The number of carbonyl (C=O) groups excluding carboxylic acids is 2. The zero-order chi connectivity index (χ0) is 20.8. The quantitative estimate of drug-likeness (QED) is 0.358. The first-order valence-corrected chi connectivity index (χ1v) is 10.2. The van der Waals surface area contributed by atoms with Crippen LogP contribution in [0.15, 0.2) is 40.4 Å². The highest BCUT2D eigenvalue weighted by Crippen LogP contribution is 2.19. The van der Waals surface area contributed by atoms with Crippen molar-refractivity contribution in [3.8, 4) is 0 Å². The Labute approximate surface area is 171 Å². The Bertz CT molecular complexity index is 1050. The molecule has 1 atom stereocenters. The normalized spacial score (nSPS) is 12.1. The third-order valence-corrected chi connectivity index (χ3v) is 5.40. The Morgan fingerprint density at radius 1 is 1.34 bits per heavy atom. The molecule has 0 aliphatic carbocycles. The van der Waals surface area contributed by atoms with Crippen molar-refractivity contribution in [3.63, 3.8) is 0 Å². The molecule has 10 heteroatoms. The van der Waals surface area contributed by atoms with Crippen molar-refractivity contribution < 1.29 is 14.3 Å². The summed E-state index contributed by atoms with van der Waals surface area (Å²) in [7, 11) is 1.29. The number of esters is 1. The summed E-state index contributed by atoms with van der Waals surface area (Å²) in [5.41, 5.74) is 1.56. The van der Waals surface area contributed by atoms with E-state index in [2.05, 4.69) is 20.5 Å². The molecule has 29 heavy (non-hydrogen) atoms. The molecular formula is C19H23N5O4S. The predicted molar refractivity (Wildman–Crippen MR) is 110 cm³/mol. The van der Waals surface area contributed by atoms with Crippen LogP contribution in [0.5, 0.6) is 0 Å². The maximum atomic E-state index is 12.4. The number of nitrogens with one attached hydrogen (secondary N) is 3. The molecule has 0 aliphatic heterocycles. The van der Waals surface area contributed by atoms with E-state index in [1.807, 2.05) is 37.4 Å². The van der Waals surface area contributed by atoms with Crippen LogP contribution in [0.2, 0.25) is 0 Å². The summed E-state index contributed by atoms with van der Waals surface area (Å²) >= 11 is 1.14. The Morgan fingerprint density at radius 2 is 2.14 bits per heavy atom. The first kappa shape index (κ1) is 20.7. The van der Waals surface area contributed by atoms with E-state index in [9.17, 15) is 14.4 Å². The second kappa shape index (κ2) is 9.46. The minimum absolute atomic E-state index is 0.0232. The number of hydrogen-bond acceptors (Lipinski definition) is 6. The van der Waals surface area contributed by atoms with Gasteiger partial charge in [-0.15, -0.1) is 5.10 Å². The molecule has 2 heterocycles. The molecule has 154 valence electrons. The molecule has 0 bridgehead atoms. The van der Waals surface area contributed by atoms with Gasteiger partial charge in [-0.3, -0.25) is 9.36 Å². The number of hydrogen-bond donors (Lipinski definition) is 3. The average Bonchev–Trinajstić information content (AvgIpc) is 3.29. The smallest absolute Gasteiger partial charge is 0.343 e. The van der Waals surface area contributed by atoms with Gasteiger partial charge in [0.25, 0.3) is 0 Å². The second-order valence-corrected chi connectivity index (χ2v) is 7.40. The number of benzene rings is 1. The SMILES string of the molecule is CCCn1c(SCC(=O)N[C@H](Cc2c[nH]c3ccccc23)C(=O)OC)n[nH]c1=O. The van der Waals surface area contributed by atoms with Crippen molar-refractivity contribution in [1.29, 1.82) is 0 Å². The van der Waals surface area contributed by atoms with E-state index in [1.165, 1.54) is 11.7 Å². The van der Waals surface area contributed by atoms with Gasteiger partial charge in [-0.1, -0.05) is 36.9 Å². The van der Waals surface area contributed by atoms with Gasteiger partial charge >= 0.3 is 11.7 Å². The number of aromatic amines is 2. The lowest BCUT2D eigenvalue weighted by molar-refractivity contribution is -0.144. The van der Waals surface area contributed by atoms with Gasteiger partial charge in [0.05, 0.1) is 12.9 Å². The molecule has 0 aliphatic rings. The average molecular weight is 417 g/mol. The van der Waals surface area contributed by atoms with Crippen LogP contribution in [-0.4, -0.2) is 50.5 Å². The van der Waals surface area contributed by atoms with Crippen LogP contribution in [0.1, 0.15) is 18.9 Å². The molecule has 0 fully saturated rings. The lowest BCUT2D eigenvalue weighted by atomic mass is 10.0. The Morgan fingerprint density at radius 3 is 2.90 bits per heavy atom. The third-order valence-electron chi connectivity index (χ3n) is 4.42. The Hall–Kier alpha value is -3.01. The zero-order valence-electron chi connectivity index (χ0n) is 16.2. The van der Waals surface area contributed by atoms with E-state index in [-0.39, 0.29) is 17.3 Å². The summed E-state index contributed by atoms with van der Waals surface area (Å²) in [5.74, 6) is -0.838. The van der Waals surface area contributed by atoms with E-state index >= 15 is 0 Å². The van der Waals surface area contributed by atoms with Gasteiger partial charge in [0.15, 0.2) is 5.16 Å². The number of para-hydroxylation sites is 1. The Balaban J connectivity index is 1.66. The fourth-order valence-corrected chi connectivity index (χ4v) is 3.84. The highest BCUT2D eigenvalue weighted by molar-refractivity contribution is 7.99. The van der Waals surface area contributed by atoms with Gasteiger partial charge in [-0.2, -0.15) is 0 Å². The Kier molecular flexibility index (Phi) is 6.76. The van der Waals surface area contributed by atoms with Crippen LogP contribution in [0.3, 0.4) is 0 Å². The van der Waals surface area contributed by atoms with E-state index in [0.717, 1.165) is 34.6 Å². The lowest BCUT2D eigenvalue weighted by Gasteiger charge is -2.16. The number of methoxy groups -OCH3 is 1. The van der Waals surface area contributed by atoms with Crippen molar-refractivity contribution in [2.24, 2.45) is 0 Å². The molecule has 1 amide bonds. The molecule has 0 saturated carbocycles. The molecule has 9 nitrogen and oxygen atoms in total. The number of ether oxygens (including phenoxy) is 1. The molecular weight excluding hydrogens is 394 g/mol. The number of nitrogens with zero attached hydrogens (tertiary/aromatic N) is 2. The molecule has 3 N–H and O–H groups in total. The summed E-state index contributed by atoms with van der Waals surface area (Å²) in [6.45, 7) is 2.47. The number of rotatable bonds is 9. The fraction of sp³-hybridized carbons (Fsp3) is 0.368. The number of fused-ring (bicyclic) bond motifs is 1. The molecule has 0 spiro atoms. The summed E-state index contributed by atoms with van der Waals surface area (Å²) in [4.78, 5) is 39.5. The van der Waals surface area contributed by atoms with E-state index in [0.29, 0.717) is 18.1 Å². The van der Waals surface area contributed by atoms with Gasteiger partial charge in [0, 0.05) is 30.1 Å². The minimum Gasteiger partial charge on any atom is -0.467 e. The van der Waals surface area contributed by atoms with E-state index < -0.39 is 12.0 Å². The van der Waals surface area contributed by atoms with Crippen molar-refractivity contribution in [2.75, 3.05) is 12.9 Å². The second-order valence-electron chi connectivity index (χ2n) is 6.46. The molecule has 2 aromatic heterocycles. The van der Waals surface area contributed by atoms with E-state index in [4.69, 9.17) is 4.74 Å². The van der Waals surface area contributed by atoms with Crippen LogP contribution in [0.4, 0.5) is 0 Å². The van der Waals surface area contributed by atoms with Crippen molar-refractivity contribution in [3.05, 3.63) is 46.5 Å². The highest BCUT2D eigenvalue weighted by Gasteiger charge is 2.23. The minimum atomic E-state index is -0.815. The molecule has 3 rings (SSSR count). The summed E-state index contributed by atoms with van der Waals surface area (Å²) < 4.78 is 6.35. The number of aromatic nitrogens is 4. The van der Waals surface area contributed by atoms with Crippen LogP contribution < -0.4 is 11.0 Å². The van der Waals surface area contributed by atoms with Crippen LogP contribution >= 0.6 is 11.8 Å². The van der Waals surface area contributed by atoms with Crippen LogP contribution in [0, 0.1) is 0 Å². The summed E-state index contributed by atoms with van der Waals surface area (Å²) in [6, 6.07) is 6.93. The monoisotopic (exact) mass is 417 g/mol.